The molecule has 0 unspecified atom stereocenters. The van der Waals surface area contributed by atoms with E-state index in [1.807, 2.05) is 6.92 Å². The van der Waals surface area contributed by atoms with Crippen LogP contribution in [0, 0.1) is 13.8 Å². The van der Waals surface area contributed by atoms with E-state index in [-0.39, 0.29) is 0 Å². The van der Waals surface area contributed by atoms with Gasteiger partial charge in [0.2, 0.25) is 10.0 Å². The minimum Gasteiger partial charge on any atom is -0.370 e. The number of rotatable bonds is 7. The van der Waals surface area contributed by atoms with E-state index in [0.29, 0.717) is 37.0 Å². The second-order valence-electron chi connectivity index (χ2n) is 4.18. The first-order chi connectivity index (χ1) is 8.83. The van der Waals surface area contributed by atoms with Gasteiger partial charge in [0, 0.05) is 18.7 Å². The monoisotopic (exact) mass is 288 g/mol. The van der Waals surface area contributed by atoms with Gasteiger partial charge < -0.3 is 10.7 Å². The number of nitrogens with two attached hydrogens (primary N) is 1. The summed E-state index contributed by atoms with van der Waals surface area (Å²) in [5.74, 6) is 7.24. The first-order valence-corrected chi connectivity index (χ1v) is 7.73. The molecule has 0 amide bonds. The average molecular weight is 288 g/mol. The van der Waals surface area contributed by atoms with Gasteiger partial charge >= 0.3 is 0 Å². The average Bonchev–Trinajstić information content (AvgIpc) is 2.31. The third kappa shape index (κ3) is 5.37. The predicted octanol–water partition coefficient (Wildman–Crippen LogP) is -0.270. The van der Waals surface area contributed by atoms with Crippen molar-refractivity contribution in [2.45, 2.75) is 20.3 Å². The van der Waals surface area contributed by atoms with Crippen LogP contribution in [0.1, 0.15) is 17.8 Å². The molecular formula is C10H20N6O2S. The van der Waals surface area contributed by atoms with E-state index in [1.165, 1.54) is 0 Å². The number of nitrogen functional groups attached to an aromatic ring is 1. The summed E-state index contributed by atoms with van der Waals surface area (Å²) in [5.41, 5.74) is 3.34. The second kappa shape index (κ2) is 6.64. The number of hydrogen-bond donors (Lipinski definition) is 4. The quantitative estimate of drug-likeness (QED) is 0.309. The number of nitrogens with zero attached hydrogens (tertiary/aromatic N) is 2. The van der Waals surface area contributed by atoms with E-state index in [4.69, 9.17) is 5.84 Å². The van der Waals surface area contributed by atoms with Crippen molar-refractivity contribution in [2.24, 2.45) is 5.84 Å². The number of anilines is 2. The molecule has 0 aliphatic carbocycles. The summed E-state index contributed by atoms with van der Waals surface area (Å²) in [4.78, 5) is 8.42. The molecule has 0 aliphatic rings. The minimum absolute atomic E-state index is 0.386. The fourth-order valence-electron chi connectivity index (χ4n) is 1.49. The lowest BCUT2D eigenvalue weighted by Gasteiger charge is -2.12. The Morgan fingerprint density at radius 2 is 1.79 bits per heavy atom. The standard InChI is InChI=1S/C10H20N6O2S/c1-7-9(14-8(2)15-10(7)16-11)12-5-4-6-13-19(3,17)18/h13H,4-6,11H2,1-3H3,(H2,12,14,15,16). The highest BCUT2D eigenvalue weighted by Gasteiger charge is 2.07. The van der Waals surface area contributed by atoms with Gasteiger partial charge in [0.05, 0.1) is 6.26 Å². The number of hydrogen-bond acceptors (Lipinski definition) is 7. The zero-order chi connectivity index (χ0) is 14.5. The molecule has 0 saturated carbocycles. The molecule has 1 aromatic heterocycles. The molecule has 1 aromatic rings. The molecule has 0 bridgehead atoms. The van der Waals surface area contributed by atoms with Crippen molar-refractivity contribution >= 4 is 21.7 Å². The molecule has 0 saturated heterocycles. The number of aryl methyl sites for hydroxylation is 1. The maximum Gasteiger partial charge on any atom is 0.208 e. The van der Waals surface area contributed by atoms with Crippen LogP contribution in [-0.2, 0) is 10.0 Å². The van der Waals surface area contributed by atoms with Crippen molar-refractivity contribution in [1.29, 1.82) is 0 Å². The highest BCUT2D eigenvalue weighted by Crippen LogP contribution is 2.18. The summed E-state index contributed by atoms with van der Waals surface area (Å²) in [6, 6.07) is 0. The van der Waals surface area contributed by atoms with Crippen LogP contribution in [-0.4, -0.2) is 37.7 Å². The van der Waals surface area contributed by atoms with Crippen LogP contribution in [0.2, 0.25) is 0 Å². The van der Waals surface area contributed by atoms with Crippen LogP contribution < -0.4 is 21.3 Å². The van der Waals surface area contributed by atoms with Gasteiger partial charge in [-0.1, -0.05) is 0 Å². The lowest BCUT2D eigenvalue weighted by Crippen LogP contribution is -2.24. The summed E-state index contributed by atoms with van der Waals surface area (Å²) >= 11 is 0. The molecule has 8 nitrogen and oxygen atoms in total. The van der Waals surface area contributed by atoms with Crippen molar-refractivity contribution in [3.8, 4) is 0 Å². The van der Waals surface area contributed by atoms with E-state index in [9.17, 15) is 8.42 Å². The Kier molecular flexibility index (Phi) is 5.45. The Labute approximate surface area is 113 Å². The molecule has 0 radical (unpaired) electrons. The summed E-state index contributed by atoms with van der Waals surface area (Å²) in [6.45, 7) is 4.61. The Balaban J connectivity index is 2.52. The zero-order valence-electron chi connectivity index (χ0n) is 11.3. The molecule has 19 heavy (non-hydrogen) atoms. The topological polar surface area (TPSA) is 122 Å². The van der Waals surface area contributed by atoms with Crippen molar-refractivity contribution in [1.82, 2.24) is 14.7 Å². The lowest BCUT2D eigenvalue weighted by molar-refractivity contribution is 0.586. The molecule has 0 spiro atoms. The predicted molar refractivity (Wildman–Crippen MR) is 75.3 cm³/mol. The number of hydrazine groups is 1. The van der Waals surface area contributed by atoms with Gasteiger partial charge in [-0.15, -0.1) is 0 Å². The zero-order valence-corrected chi connectivity index (χ0v) is 12.1. The molecular weight excluding hydrogens is 268 g/mol. The van der Waals surface area contributed by atoms with Crippen molar-refractivity contribution in [3.63, 3.8) is 0 Å². The van der Waals surface area contributed by atoms with Crippen LogP contribution in [0.4, 0.5) is 11.6 Å². The lowest BCUT2D eigenvalue weighted by atomic mass is 10.3. The molecule has 1 heterocycles. The minimum atomic E-state index is -3.12. The largest absolute Gasteiger partial charge is 0.370 e. The maximum absolute atomic E-state index is 10.9. The van der Waals surface area contributed by atoms with Crippen molar-refractivity contribution in [3.05, 3.63) is 11.4 Å². The highest BCUT2D eigenvalue weighted by atomic mass is 32.2. The van der Waals surface area contributed by atoms with Crippen LogP contribution in [0.5, 0.6) is 0 Å². The smallest absolute Gasteiger partial charge is 0.208 e. The third-order valence-corrected chi connectivity index (χ3v) is 3.13. The number of aromatic nitrogens is 2. The first kappa shape index (κ1) is 15.6. The van der Waals surface area contributed by atoms with Gasteiger partial charge in [0.1, 0.15) is 17.5 Å². The van der Waals surface area contributed by atoms with Gasteiger partial charge in [-0.25, -0.2) is 29.0 Å². The Bertz CT molecular complexity index is 531. The van der Waals surface area contributed by atoms with Crippen molar-refractivity contribution in [2.75, 3.05) is 30.1 Å². The van der Waals surface area contributed by atoms with Gasteiger partial charge in [0.15, 0.2) is 0 Å². The Morgan fingerprint density at radius 1 is 1.16 bits per heavy atom. The fraction of sp³-hybridized carbons (Fsp3) is 0.600. The van der Waals surface area contributed by atoms with E-state index in [2.05, 4.69) is 25.4 Å². The summed E-state index contributed by atoms with van der Waals surface area (Å²) in [6.07, 6.45) is 1.79. The van der Waals surface area contributed by atoms with E-state index in [1.54, 1.807) is 6.92 Å². The second-order valence-corrected chi connectivity index (χ2v) is 6.02. The van der Waals surface area contributed by atoms with Gasteiger partial charge in [0.25, 0.3) is 0 Å². The Morgan fingerprint density at radius 3 is 2.37 bits per heavy atom. The van der Waals surface area contributed by atoms with Crippen LogP contribution >= 0.6 is 0 Å². The molecule has 0 aliphatic heterocycles. The molecule has 0 aromatic carbocycles. The van der Waals surface area contributed by atoms with E-state index >= 15 is 0 Å². The van der Waals surface area contributed by atoms with Gasteiger partial charge in [-0.3, -0.25) is 0 Å². The summed E-state index contributed by atoms with van der Waals surface area (Å²) < 4.78 is 24.2. The molecule has 0 atom stereocenters. The van der Waals surface area contributed by atoms with E-state index in [0.717, 1.165) is 11.8 Å². The number of nitrogens with one attached hydrogen (secondary N) is 3. The van der Waals surface area contributed by atoms with Crippen LogP contribution in [0.3, 0.4) is 0 Å². The SMILES string of the molecule is Cc1nc(NN)c(C)c(NCCCNS(C)(=O)=O)n1. The molecule has 1 rings (SSSR count). The highest BCUT2D eigenvalue weighted by molar-refractivity contribution is 7.88. The third-order valence-electron chi connectivity index (χ3n) is 2.40. The molecule has 9 heteroatoms. The maximum atomic E-state index is 10.9. The molecule has 0 fully saturated rings. The first-order valence-electron chi connectivity index (χ1n) is 5.84. The Hall–Kier alpha value is -1.45. The van der Waals surface area contributed by atoms with Crippen LogP contribution in [0.25, 0.3) is 0 Å². The van der Waals surface area contributed by atoms with Crippen molar-refractivity contribution < 1.29 is 8.42 Å². The number of sulfonamides is 1. The summed E-state index contributed by atoms with van der Waals surface area (Å²) in [5, 5.41) is 3.13. The molecule has 5 N–H and O–H groups in total. The van der Waals surface area contributed by atoms with Gasteiger partial charge in [-0.05, 0) is 20.3 Å². The normalized spacial score (nSPS) is 11.4. The van der Waals surface area contributed by atoms with Gasteiger partial charge in [-0.2, -0.15) is 0 Å². The summed E-state index contributed by atoms with van der Waals surface area (Å²) in [7, 11) is -3.12. The van der Waals surface area contributed by atoms with Crippen LogP contribution in [0.15, 0.2) is 0 Å². The fourth-order valence-corrected chi connectivity index (χ4v) is 2.01. The molecule has 108 valence electrons. The van der Waals surface area contributed by atoms with E-state index < -0.39 is 10.0 Å².